The molecule has 5 N–H and O–H groups in total. The minimum Gasteiger partial charge on any atom is -0.750 e. The third-order valence-corrected chi connectivity index (χ3v) is 0.830. The summed E-state index contributed by atoms with van der Waals surface area (Å²) in [6.07, 6.45) is 0. The molecule has 0 saturated carbocycles. The predicted octanol–water partition coefficient (Wildman–Crippen LogP) is -3.27. The molecule has 0 heterocycles. The van der Waals surface area contributed by atoms with Gasteiger partial charge >= 0.3 is 0 Å². The summed E-state index contributed by atoms with van der Waals surface area (Å²) in [5.41, 5.74) is 0. The zero-order chi connectivity index (χ0) is 12.5. The molecule has 0 saturated heterocycles. The summed E-state index contributed by atoms with van der Waals surface area (Å²) in [7, 11) is 0. The molecular formula is C6H17O8S-. The number of aliphatic hydroxyl groups is 5. The van der Waals surface area contributed by atoms with Crippen LogP contribution in [0.25, 0.3) is 0 Å². The van der Waals surface area contributed by atoms with Gasteiger partial charge in [-0.25, -0.2) is 4.21 Å². The molecule has 8 nitrogen and oxygen atoms in total. The van der Waals surface area contributed by atoms with E-state index in [2.05, 4.69) is 4.18 Å². The first-order chi connectivity index (χ1) is 7.10. The lowest BCUT2D eigenvalue weighted by Crippen LogP contribution is -2.00. The Morgan fingerprint density at radius 1 is 0.867 bits per heavy atom. The zero-order valence-corrected chi connectivity index (χ0v) is 8.93. The highest BCUT2D eigenvalue weighted by Gasteiger charge is 1.78. The van der Waals surface area contributed by atoms with E-state index in [9.17, 15) is 8.76 Å². The van der Waals surface area contributed by atoms with Crippen LogP contribution in [0.2, 0.25) is 0 Å². The van der Waals surface area contributed by atoms with Crippen LogP contribution in [0.4, 0.5) is 0 Å². The summed E-state index contributed by atoms with van der Waals surface area (Å²) in [5, 5.41) is 38.4. The minimum atomic E-state index is -2.48. The van der Waals surface area contributed by atoms with Crippen molar-refractivity contribution >= 4 is 11.4 Å². The van der Waals surface area contributed by atoms with E-state index in [-0.39, 0.29) is 39.6 Å². The molecule has 0 radical (unpaired) electrons. The second kappa shape index (κ2) is 23.6. The molecule has 0 amide bonds. The maximum absolute atomic E-state index is 9.42. The van der Waals surface area contributed by atoms with E-state index >= 15 is 0 Å². The monoisotopic (exact) mass is 249 g/mol. The van der Waals surface area contributed by atoms with Gasteiger partial charge in [0, 0.05) is 0 Å². The van der Waals surface area contributed by atoms with Gasteiger partial charge in [-0.15, -0.1) is 0 Å². The van der Waals surface area contributed by atoms with Crippen molar-refractivity contribution in [3.05, 3.63) is 0 Å². The molecule has 0 aromatic heterocycles. The molecule has 0 aromatic carbocycles. The number of rotatable bonds is 5. The Labute approximate surface area is 90.2 Å². The molecule has 1 atom stereocenters. The Morgan fingerprint density at radius 3 is 1.27 bits per heavy atom. The van der Waals surface area contributed by atoms with Crippen LogP contribution in [-0.2, 0) is 15.5 Å². The Kier molecular flexibility index (Phi) is 31.9. The van der Waals surface area contributed by atoms with Crippen molar-refractivity contribution in [1.82, 2.24) is 0 Å². The summed E-state index contributed by atoms with van der Waals surface area (Å²) >= 11 is -2.48. The van der Waals surface area contributed by atoms with Gasteiger partial charge in [0.15, 0.2) is 0 Å². The zero-order valence-electron chi connectivity index (χ0n) is 8.11. The lowest BCUT2D eigenvalue weighted by atomic mass is 10.8. The first-order valence-electron chi connectivity index (χ1n) is 3.87. The Morgan fingerprint density at radius 2 is 1.20 bits per heavy atom. The molecule has 0 fully saturated rings. The SMILES string of the molecule is O=S([O-])OCCO.OCCO.OCCO. The van der Waals surface area contributed by atoms with Gasteiger partial charge in [0.05, 0.1) is 51.0 Å². The fraction of sp³-hybridized carbons (Fsp3) is 1.00. The predicted molar refractivity (Wildman–Crippen MR) is 50.3 cm³/mol. The topological polar surface area (TPSA) is 151 Å². The van der Waals surface area contributed by atoms with Crippen LogP contribution in [0, 0.1) is 0 Å². The molecule has 0 spiro atoms. The second-order valence-corrected chi connectivity index (χ2v) is 2.29. The summed E-state index contributed by atoms with van der Waals surface area (Å²) in [5.74, 6) is 0. The molecule has 0 aromatic rings. The largest absolute Gasteiger partial charge is 0.750 e. The fourth-order valence-corrected chi connectivity index (χ4v) is 0.316. The Balaban J connectivity index is -0.000000155. The molecule has 9 heteroatoms. The van der Waals surface area contributed by atoms with Crippen molar-refractivity contribution in [2.75, 3.05) is 39.6 Å². The van der Waals surface area contributed by atoms with Crippen molar-refractivity contribution in [1.29, 1.82) is 0 Å². The molecule has 15 heavy (non-hydrogen) atoms. The van der Waals surface area contributed by atoms with Crippen molar-refractivity contribution in [3.8, 4) is 0 Å². The smallest absolute Gasteiger partial charge is 0.0860 e. The van der Waals surface area contributed by atoms with Crippen LogP contribution in [0.5, 0.6) is 0 Å². The van der Waals surface area contributed by atoms with Crippen molar-refractivity contribution in [3.63, 3.8) is 0 Å². The van der Waals surface area contributed by atoms with Gasteiger partial charge in [-0.05, 0) is 0 Å². The van der Waals surface area contributed by atoms with Gasteiger partial charge in [0.25, 0.3) is 0 Å². The van der Waals surface area contributed by atoms with E-state index in [4.69, 9.17) is 25.5 Å². The molecule has 1 unspecified atom stereocenters. The summed E-state index contributed by atoms with van der Waals surface area (Å²) in [6, 6.07) is 0. The second-order valence-electron chi connectivity index (χ2n) is 1.64. The Hall–Kier alpha value is -0.130. The molecule has 0 aliphatic rings. The van der Waals surface area contributed by atoms with Crippen LogP contribution in [0.1, 0.15) is 0 Å². The average molecular weight is 249 g/mol. The summed E-state index contributed by atoms with van der Waals surface area (Å²) in [6.45, 7) is -0.926. The minimum absolute atomic E-state index is 0.125. The van der Waals surface area contributed by atoms with Crippen LogP contribution < -0.4 is 0 Å². The number of hydrogen-bond acceptors (Lipinski definition) is 8. The highest BCUT2D eigenvalue weighted by atomic mass is 32.2. The average Bonchev–Trinajstić information content (AvgIpc) is 2.27. The van der Waals surface area contributed by atoms with E-state index in [0.29, 0.717) is 0 Å². The quantitative estimate of drug-likeness (QED) is 0.318. The van der Waals surface area contributed by atoms with Crippen LogP contribution >= 0.6 is 0 Å². The van der Waals surface area contributed by atoms with Gasteiger partial charge in [0.1, 0.15) is 0 Å². The maximum Gasteiger partial charge on any atom is 0.0860 e. The Bertz CT molecular complexity index is 103. The van der Waals surface area contributed by atoms with Gasteiger partial charge in [-0.1, -0.05) is 0 Å². The molecular weight excluding hydrogens is 232 g/mol. The standard InChI is InChI=1S/C2H6O4S.2C2H6O2/c3-1-2-6-7(4)5;2*3-1-2-4/h3H,1-2H2,(H,4,5);2*3-4H,1-2H2/p-1. The third kappa shape index (κ3) is 56.7. The van der Waals surface area contributed by atoms with Crippen molar-refractivity contribution < 1.29 is 38.5 Å². The number of hydrogen-bond donors (Lipinski definition) is 5. The molecule has 0 rings (SSSR count). The van der Waals surface area contributed by atoms with E-state index in [1.54, 1.807) is 0 Å². The van der Waals surface area contributed by atoms with E-state index in [1.165, 1.54) is 0 Å². The normalized spacial score (nSPS) is 10.5. The first kappa shape index (κ1) is 20.3. The lowest BCUT2D eigenvalue weighted by Gasteiger charge is -2.00. The summed E-state index contributed by atoms with van der Waals surface area (Å²) in [4.78, 5) is 0. The number of aliphatic hydroxyl groups excluding tert-OH is 5. The van der Waals surface area contributed by atoms with Crippen LogP contribution in [0.3, 0.4) is 0 Å². The molecule has 0 aliphatic heterocycles. The molecule has 96 valence electrons. The maximum atomic E-state index is 9.42. The third-order valence-electron chi connectivity index (χ3n) is 0.471. The molecule has 0 bridgehead atoms. The van der Waals surface area contributed by atoms with E-state index < -0.39 is 11.4 Å². The first-order valence-corrected chi connectivity index (χ1v) is 4.87. The van der Waals surface area contributed by atoms with Gasteiger partial charge in [-0.2, -0.15) is 0 Å². The molecule has 0 aliphatic carbocycles. The highest BCUT2D eigenvalue weighted by molar-refractivity contribution is 7.74. The van der Waals surface area contributed by atoms with E-state index in [1.807, 2.05) is 0 Å². The van der Waals surface area contributed by atoms with Crippen molar-refractivity contribution in [2.45, 2.75) is 0 Å². The van der Waals surface area contributed by atoms with Gasteiger partial charge in [0.2, 0.25) is 0 Å². The van der Waals surface area contributed by atoms with Crippen LogP contribution in [0.15, 0.2) is 0 Å². The van der Waals surface area contributed by atoms with Crippen molar-refractivity contribution in [2.24, 2.45) is 0 Å². The van der Waals surface area contributed by atoms with Gasteiger partial charge in [-0.3, -0.25) is 4.18 Å². The lowest BCUT2D eigenvalue weighted by molar-refractivity contribution is 0.186. The summed E-state index contributed by atoms with van der Waals surface area (Å²) < 4.78 is 22.7. The fourth-order valence-electron chi connectivity index (χ4n) is 0.105. The van der Waals surface area contributed by atoms with E-state index in [0.717, 1.165) is 0 Å². The van der Waals surface area contributed by atoms with Crippen LogP contribution in [-0.4, -0.2) is 73.9 Å². The highest BCUT2D eigenvalue weighted by Crippen LogP contribution is 1.73. The van der Waals surface area contributed by atoms with Gasteiger partial charge < -0.3 is 30.1 Å².